The van der Waals surface area contributed by atoms with Gasteiger partial charge in [-0.2, -0.15) is 0 Å². The molecule has 0 amide bonds. The average molecular weight is 213 g/mol. The first kappa shape index (κ1) is 13.8. The quantitative estimate of drug-likeness (QED) is 0.377. The van der Waals surface area contributed by atoms with Gasteiger partial charge >= 0.3 is 0 Å². The number of hydrogen-bond donors (Lipinski definition) is 0. The van der Waals surface area contributed by atoms with Crippen molar-refractivity contribution < 1.29 is 4.58 Å². The van der Waals surface area contributed by atoms with E-state index < -0.39 is 0 Å². The molecule has 4 nitrogen and oxygen atoms in total. The van der Waals surface area contributed by atoms with E-state index in [1.54, 1.807) is 0 Å². The highest BCUT2D eigenvalue weighted by Gasteiger charge is 2.12. The van der Waals surface area contributed by atoms with Gasteiger partial charge in [-0.1, -0.05) is 0 Å². The highest BCUT2D eigenvalue weighted by Crippen LogP contribution is 2.02. The van der Waals surface area contributed by atoms with Crippen LogP contribution in [0, 0.1) is 0 Å². The van der Waals surface area contributed by atoms with Crippen LogP contribution in [0.2, 0.25) is 0 Å². The van der Waals surface area contributed by atoms with E-state index in [0.29, 0.717) is 0 Å². The lowest BCUT2D eigenvalue weighted by atomic mass is 10.4. The fourth-order valence-corrected chi connectivity index (χ4v) is 1.43. The minimum absolute atomic E-state index is 1.17. The molecule has 15 heavy (non-hydrogen) atoms. The topological polar surface area (TPSA) is 12.7 Å². The van der Waals surface area contributed by atoms with Crippen LogP contribution in [-0.2, 0) is 0 Å². The second-order valence-corrected chi connectivity index (χ2v) is 4.44. The number of hydrogen-bond acceptors (Lipinski definition) is 2. The fourth-order valence-electron chi connectivity index (χ4n) is 1.43. The second-order valence-electron chi connectivity index (χ2n) is 4.44. The molecule has 0 bridgehead atoms. The van der Waals surface area contributed by atoms with Gasteiger partial charge in [-0.3, -0.25) is 9.48 Å². The van der Waals surface area contributed by atoms with Crippen LogP contribution in [0.1, 0.15) is 0 Å². The third kappa shape index (κ3) is 4.23. The zero-order valence-electron chi connectivity index (χ0n) is 11.4. The molecule has 0 aliphatic heterocycles. The van der Waals surface area contributed by atoms with Gasteiger partial charge in [-0.25, -0.2) is 0 Å². The summed E-state index contributed by atoms with van der Waals surface area (Å²) in [5.41, 5.74) is 0. The highest BCUT2D eigenvalue weighted by molar-refractivity contribution is 5.88. The molecule has 0 saturated carbocycles. The number of rotatable bonds is 3. The predicted octanol–water partition coefficient (Wildman–Crippen LogP) is 0.183. The van der Waals surface area contributed by atoms with Crippen molar-refractivity contribution in [1.29, 1.82) is 0 Å². The SMILES string of the molecule is CN(C)C(=CC(N(C)C)=[N+](C)C)N(C)C. The standard InChI is InChI=1S/C11H25N4/c1-12(2)10(13(3)4)9-11(14(5)6)15(7)8/h9H,1-8H3/q+1. The molecule has 0 aliphatic carbocycles. The van der Waals surface area contributed by atoms with Crippen LogP contribution in [0.3, 0.4) is 0 Å². The van der Waals surface area contributed by atoms with E-state index in [1.807, 2.05) is 0 Å². The molecule has 0 atom stereocenters. The van der Waals surface area contributed by atoms with Crippen molar-refractivity contribution in [3.05, 3.63) is 11.9 Å². The molecule has 0 radical (unpaired) electrons. The largest absolute Gasteiger partial charge is 0.364 e. The molecule has 0 aromatic rings. The number of amidine groups is 1. The Morgan fingerprint density at radius 1 is 0.800 bits per heavy atom. The van der Waals surface area contributed by atoms with E-state index in [1.165, 1.54) is 11.7 Å². The van der Waals surface area contributed by atoms with Crippen LogP contribution in [-0.4, -0.2) is 81.5 Å². The maximum Gasteiger partial charge on any atom is 0.274 e. The van der Waals surface area contributed by atoms with Crippen molar-refractivity contribution in [2.45, 2.75) is 0 Å². The van der Waals surface area contributed by atoms with Crippen molar-refractivity contribution in [3.63, 3.8) is 0 Å². The Morgan fingerprint density at radius 3 is 1.40 bits per heavy atom. The van der Waals surface area contributed by atoms with Crippen LogP contribution in [0.25, 0.3) is 0 Å². The Kier molecular flexibility index (Phi) is 5.19. The molecule has 0 spiro atoms. The molecule has 0 aromatic heterocycles. The second kappa shape index (κ2) is 5.63. The van der Waals surface area contributed by atoms with Crippen LogP contribution in [0.4, 0.5) is 0 Å². The van der Waals surface area contributed by atoms with Gasteiger partial charge in [0, 0.05) is 28.2 Å². The first-order valence-electron chi connectivity index (χ1n) is 5.05. The van der Waals surface area contributed by atoms with E-state index in [4.69, 9.17) is 0 Å². The molecular formula is C11H25N4+. The lowest BCUT2D eigenvalue weighted by Gasteiger charge is -2.24. The van der Waals surface area contributed by atoms with Crippen LogP contribution >= 0.6 is 0 Å². The monoisotopic (exact) mass is 213 g/mol. The van der Waals surface area contributed by atoms with Crippen molar-refractivity contribution in [2.75, 3.05) is 56.4 Å². The Bertz CT molecular complexity index is 248. The summed E-state index contributed by atoms with van der Waals surface area (Å²) < 4.78 is 2.10. The molecule has 88 valence electrons. The van der Waals surface area contributed by atoms with Crippen molar-refractivity contribution in [2.24, 2.45) is 0 Å². The molecule has 0 aromatic carbocycles. The zero-order valence-corrected chi connectivity index (χ0v) is 11.4. The van der Waals surface area contributed by atoms with Gasteiger partial charge in [0.25, 0.3) is 5.84 Å². The predicted molar refractivity (Wildman–Crippen MR) is 66.3 cm³/mol. The normalized spacial score (nSPS) is 9.33. The van der Waals surface area contributed by atoms with Gasteiger partial charge in [0.05, 0.1) is 34.3 Å². The number of nitrogens with zero attached hydrogens (tertiary/aromatic N) is 4. The number of likely N-dealkylation sites (N-methyl/N-ethyl adjacent to an activating group) is 1. The summed E-state index contributed by atoms with van der Waals surface area (Å²) in [6, 6.07) is 0. The maximum atomic E-state index is 2.17. The summed E-state index contributed by atoms with van der Waals surface area (Å²) in [7, 11) is 16.4. The van der Waals surface area contributed by atoms with Gasteiger partial charge in [-0.05, 0) is 0 Å². The minimum atomic E-state index is 1.17. The summed E-state index contributed by atoms with van der Waals surface area (Å²) in [4.78, 5) is 6.31. The summed E-state index contributed by atoms with van der Waals surface area (Å²) in [5.74, 6) is 2.35. The molecule has 0 N–H and O–H groups in total. The highest BCUT2D eigenvalue weighted by atomic mass is 15.3. The Hall–Kier alpha value is -1.19. The van der Waals surface area contributed by atoms with Gasteiger partial charge < -0.3 is 9.80 Å². The molecule has 0 rings (SSSR count). The molecule has 0 aliphatic rings. The van der Waals surface area contributed by atoms with Crippen LogP contribution in [0.15, 0.2) is 11.9 Å². The minimum Gasteiger partial charge on any atom is -0.364 e. The van der Waals surface area contributed by atoms with E-state index in [-0.39, 0.29) is 0 Å². The molecule has 4 heteroatoms. The maximum absolute atomic E-state index is 2.17. The Labute approximate surface area is 94.1 Å². The molecule has 0 saturated heterocycles. The van der Waals surface area contributed by atoms with Crippen LogP contribution < -0.4 is 0 Å². The van der Waals surface area contributed by atoms with Gasteiger partial charge in [0.2, 0.25) is 0 Å². The van der Waals surface area contributed by atoms with E-state index in [2.05, 4.69) is 81.7 Å². The molecule has 0 heterocycles. The first-order chi connectivity index (χ1) is 6.77. The smallest absolute Gasteiger partial charge is 0.274 e. The molecular weight excluding hydrogens is 188 g/mol. The Morgan fingerprint density at radius 2 is 1.20 bits per heavy atom. The van der Waals surface area contributed by atoms with Crippen molar-refractivity contribution >= 4 is 5.84 Å². The molecule has 0 unspecified atom stereocenters. The average Bonchev–Trinajstić information content (AvgIpc) is 2.01. The summed E-state index contributed by atoms with van der Waals surface area (Å²) >= 11 is 0. The van der Waals surface area contributed by atoms with Gasteiger partial charge in [0.1, 0.15) is 5.82 Å². The Balaban J connectivity index is 5.20. The molecule has 0 fully saturated rings. The van der Waals surface area contributed by atoms with Crippen molar-refractivity contribution in [1.82, 2.24) is 14.7 Å². The van der Waals surface area contributed by atoms with Gasteiger partial charge in [-0.15, -0.1) is 0 Å². The third-order valence-corrected chi connectivity index (χ3v) is 2.09. The van der Waals surface area contributed by atoms with Crippen molar-refractivity contribution in [3.8, 4) is 0 Å². The third-order valence-electron chi connectivity index (χ3n) is 2.09. The van der Waals surface area contributed by atoms with E-state index in [0.717, 1.165) is 0 Å². The summed E-state index contributed by atoms with van der Waals surface area (Å²) in [6.07, 6.45) is 2.17. The fraction of sp³-hybridized carbons (Fsp3) is 0.727. The summed E-state index contributed by atoms with van der Waals surface area (Å²) in [6.45, 7) is 0. The zero-order chi connectivity index (χ0) is 12.2. The van der Waals surface area contributed by atoms with E-state index in [9.17, 15) is 0 Å². The summed E-state index contributed by atoms with van der Waals surface area (Å²) in [5, 5.41) is 0. The first-order valence-corrected chi connectivity index (χ1v) is 5.05. The van der Waals surface area contributed by atoms with E-state index >= 15 is 0 Å². The van der Waals surface area contributed by atoms with Gasteiger partial charge in [0.15, 0.2) is 0 Å². The lowest BCUT2D eigenvalue weighted by Crippen LogP contribution is -2.32. The van der Waals surface area contributed by atoms with Crippen LogP contribution in [0.5, 0.6) is 0 Å². The lowest BCUT2D eigenvalue weighted by molar-refractivity contribution is -0.468.